The molecule has 1 aromatic carbocycles. The molecule has 1 aliphatic heterocycles. The number of nitrogens with zero attached hydrogens (tertiary/aromatic N) is 1. The molecule has 2 rings (SSSR count). The van der Waals surface area contributed by atoms with Crippen molar-refractivity contribution in [3.8, 4) is 5.75 Å². The highest BCUT2D eigenvalue weighted by Crippen LogP contribution is 2.20. The van der Waals surface area contributed by atoms with Crippen molar-refractivity contribution in [1.29, 1.82) is 0 Å². The zero-order valence-electron chi connectivity index (χ0n) is 9.03. The summed E-state index contributed by atoms with van der Waals surface area (Å²) in [5.41, 5.74) is 0.404. The quantitative estimate of drug-likeness (QED) is 0.667. The minimum atomic E-state index is -0.407. The second-order valence-corrected chi connectivity index (χ2v) is 4.04. The maximum Gasteiger partial charge on any atom is 0.182 e. The SMILES string of the molecule is [B]c1ccc(OC2CCN([B])CC2)c(F)c1. The van der Waals surface area contributed by atoms with Crippen LogP contribution in [0.5, 0.6) is 5.75 Å². The van der Waals surface area contributed by atoms with Crippen molar-refractivity contribution in [2.75, 3.05) is 13.1 Å². The van der Waals surface area contributed by atoms with E-state index in [1.807, 2.05) is 0 Å². The van der Waals surface area contributed by atoms with Crippen LogP contribution in [0.3, 0.4) is 0 Å². The lowest BCUT2D eigenvalue weighted by molar-refractivity contribution is 0.131. The number of rotatable bonds is 2. The normalized spacial score (nSPS) is 18.6. The molecule has 0 spiro atoms. The number of halogens is 1. The second kappa shape index (κ2) is 4.91. The Labute approximate surface area is 97.6 Å². The van der Waals surface area contributed by atoms with E-state index in [4.69, 9.17) is 20.6 Å². The van der Waals surface area contributed by atoms with Gasteiger partial charge in [0.05, 0.1) is 0 Å². The van der Waals surface area contributed by atoms with E-state index in [1.165, 1.54) is 6.07 Å². The highest BCUT2D eigenvalue weighted by molar-refractivity contribution is 6.32. The Hall–Kier alpha value is -0.960. The Kier molecular flexibility index (Phi) is 3.54. The number of benzene rings is 1. The van der Waals surface area contributed by atoms with Crippen LogP contribution >= 0.6 is 0 Å². The molecule has 5 heteroatoms. The van der Waals surface area contributed by atoms with Gasteiger partial charge in [-0.2, -0.15) is 0 Å². The third kappa shape index (κ3) is 2.79. The molecule has 0 atom stereocenters. The molecular weight excluding hydrogens is 203 g/mol. The first kappa shape index (κ1) is 11.5. The van der Waals surface area contributed by atoms with E-state index >= 15 is 0 Å². The minimum absolute atomic E-state index is 0.0397. The average molecular weight is 215 g/mol. The van der Waals surface area contributed by atoms with Crippen molar-refractivity contribution in [3.05, 3.63) is 24.0 Å². The first-order valence-corrected chi connectivity index (χ1v) is 5.36. The average Bonchev–Trinajstić information content (AvgIpc) is 2.25. The van der Waals surface area contributed by atoms with Crippen LogP contribution in [0.2, 0.25) is 0 Å². The molecule has 0 aliphatic carbocycles. The Morgan fingerprint density at radius 1 is 1.31 bits per heavy atom. The number of piperidine rings is 1. The first-order valence-electron chi connectivity index (χ1n) is 5.36. The van der Waals surface area contributed by atoms with Crippen LogP contribution in [-0.2, 0) is 0 Å². The van der Waals surface area contributed by atoms with E-state index in [9.17, 15) is 4.39 Å². The Morgan fingerprint density at radius 3 is 2.62 bits per heavy atom. The summed E-state index contributed by atoms with van der Waals surface area (Å²) < 4.78 is 19.0. The van der Waals surface area contributed by atoms with Gasteiger partial charge in [0.15, 0.2) is 19.5 Å². The highest BCUT2D eigenvalue weighted by Gasteiger charge is 2.18. The van der Waals surface area contributed by atoms with Crippen LogP contribution in [0.15, 0.2) is 18.2 Å². The molecular formula is C11H12B2FNO. The molecule has 1 saturated heterocycles. The molecule has 0 unspecified atom stereocenters. The molecule has 1 heterocycles. The molecule has 0 saturated carbocycles. The van der Waals surface area contributed by atoms with E-state index < -0.39 is 5.82 Å². The molecule has 16 heavy (non-hydrogen) atoms. The van der Waals surface area contributed by atoms with Gasteiger partial charge in [0.2, 0.25) is 0 Å². The molecule has 2 nitrogen and oxygen atoms in total. The maximum atomic E-state index is 13.4. The summed E-state index contributed by atoms with van der Waals surface area (Å²) in [6.07, 6.45) is 1.68. The summed E-state index contributed by atoms with van der Waals surface area (Å²) in [5.74, 6) is -0.139. The van der Waals surface area contributed by atoms with Gasteiger partial charge in [-0.05, 0) is 38.1 Å². The van der Waals surface area contributed by atoms with Crippen molar-refractivity contribution in [2.24, 2.45) is 0 Å². The molecule has 1 aliphatic rings. The van der Waals surface area contributed by atoms with Gasteiger partial charge in [-0.25, -0.2) is 4.39 Å². The summed E-state index contributed by atoms with van der Waals surface area (Å²) >= 11 is 0. The zero-order valence-corrected chi connectivity index (χ0v) is 9.03. The molecule has 1 fully saturated rings. The molecule has 0 bridgehead atoms. The van der Waals surface area contributed by atoms with Gasteiger partial charge in [0.1, 0.15) is 14.0 Å². The molecule has 4 radical (unpaired) electrons. The second-order valence-electron chi connectivity index (χ2n) is 4.04. The third-order valence-electron chi connectivity index (χ3n) is 2.73. The molecule has 0 amide bonds. The van der Waals surface area contributed by atoms with Gasteiger partial charge in [0, 0.05) is 0 Å². The Balaban J connectivity index is 1.98. The molecule has 0 aromatic heterocycles. The highest BCUT2D eigenvalue weighted by atomic mass is 19.1. The van der Waals surface area contributed by atoms with E-state index in [-0.39, 0.29) is 11.9 Å². The predicted octanol–water partition coefficient (Wildman–Crippen LogP) is 0.546. The van der Waals surface area contributed by atoms with E-state index in [1.54, 1.807) is 16.9 Å². The lowest BCUT2D eigenvalue weighted by Crippen LogP contribution is -2.36. The lowest BCUT2D eigenvalue weighted by Gasteiger charge is -2.29. The molecule has 80 valence electrons. The van der Waals surface area contributed by atoms with Crippen LogP contribution in [0.4, 0.5) is 4.39 Å². The topological polar surface area (TPSA) is 12.5 Å². The first-order chi connectivity index (χ1) is 7.65. The van der Waals surface area contributed by atoms with E-state index in [2.05, 4.69) is 0 Å². The van der Waals surface area contributed by atoms with Crippen molar-refractivity contribution in [3.63, 3.8) is 0 Å². The van der Waals surface area contributed by atoms with Crippen molar-refractivity contribution in [2.45, 2.75) is 18.9 Å². The van der Waals surface area contributed by atoms with Crippen LogP contribution in [0.1, 0.15) is 12.8 Å². The van der Waals surface area contributed by atoms with E-state index in [0.717, 1.165) is 25.9 Å². The largest absolute Gasteiger partial charge is 0.487 e. The summed E-state index contributed by atoms with van der Waals surface area (Å²) in [6, 6.07) is 4.48. The number of hydrogen-bond acceptors (Lipinski definition) is 2. The van der Waals surface area contributed by atoms with Crippen molar-refractivity contribution < 1.29 is 9.13 Å². The fraction of sp³-hybridized carbons (Fsp3) is 0.455. The van der Waals surface area contributed by atoms with Crippen LogP contribution in [0.25, 0.3) is 0 Å². The van der Waals surface area contributed by atoms with Gasteiger partial charge in [-0.3, -0.25) is 0 Å². The maximum absolute atomic E-state index is 13.4. The standard InChI is InChI=1S/C11H12B2FNO/c12-8-1-2-11(10(14)7-8)16-9-3-5-15(13)6-4-9/h1-2,7,9H,3-6H2. The van der Waals surface area contributed by atoms with Crippen LogP contribution in [-0.4, -0.2) is 39.8 Å². The summed E-state index contributed by atoms with van der Waals surface area (Å²) in [7, 11) is 11.1. The lowest BCUT2D eigenvalue weighted by atomic mass is 9.96. The molecule has 0 N–H and O–H groups in total. The predicted molar refractivity (Wildman–Crippen MR) is 62.8 cm³/mol. The Morgan fingerprint density at radius 2 is 2.00 bits per heavy atom. The van der Waals surface area contributed by atoms with E-state index in [0.29, 0.717) is 5.46 Å². The van der Waals surface area contributed by atoms with Crippen molar-refractivity contribution >= 4 is 21.3 Å². The number of ether oxygens (including phenoxy) is 1. The van der Waals surface area contributed by atoms with Crippen LogP contribution in [0, 0.1) is 5.82 Å². The monoisotopic (exact) mass is 215 g/mol. The fourth-order valence-corrected chi connectivity index (χ4v) is 1.79. The number of hydrogen-bond donors (Lipinski definition) is 0. The molecule has 1 aromatic rings. The van der Waals surface area contributed by atoms with Gasteiger partial charge >= 0.3 is 0 Å². The fourth-order valence-electron chi connectivity index (χ4n) is 1.79. The summed E-state index contributed by atoms with van der Waals surface area (Å²) in [6.45, 7) is 1.56. The smallest absolute Gasteiger partial charge is 0.182 e. The van der Waals surface area contributed by atoms with Gasteiger partial charge in [-0.1, -0.05) is 11.5 Å². The van der Waals surface area contributed by atoms with Gasteiger partial charge in [0.25, 0.3) is 0 Å². The minimum Gasteiger partial charge on any atom is -0.487 e. The summed E-state index contributed by atoms with van der Waals surface area (Å²) in [4.78, 5) is 1.75. The Bertz CT molecular complexity index is 367. The van der Waals surface area contributed by atoms with Gasteiger partial charge in [-0.15, -0.1) is 0 Å². The van der Waals surface area contributed by atoms with Crippen LogP contribution < -0.4 is 10.2 Å². The summed E-state index contributed by atoms with van der Waals surface area (Å²) in [5, 5.41) is 0. The van der Waals surface area contributed by atoms with Gasteiger partial charge < -0.3 is 9.55 Å². The zero-order chi connectivity index (χ0) is 11.5. The van der Waals surface area contributed by atoms with Crippen molar-refractivity contribution in [1.82, 2.24) is 4.81 Å². The third-order valence-corrected chi connectivity index (χ3v) is 2.73.